The van der Waals surface area contributed by atoms with Gasteiger partial charge in [0.25, 0.3) is 11.8 Å². The number of hydrogen-bond donors (Lipinski definition) is 3. The number of carbonyl (C=O) groups is 3. The molecule has 0 radical (unpaired) electrons. The maximum Gasteiger partial charge on any atom is 0.326 e. The van der Waals surface area contributed by atoms with Gasteiger partial charge in [0.15, 0.2) is 17.0 Å². The summed E-state index contributed by atoms with van der Waals surface area (Å²) in [6, 6.07) is 11.3. The molecule has 2 aromatic rings. The molecule has 0 fully saturated rings. The van der Waals surface area contributed by atoms with Gasteiger partial charge in [-0.05, 0) is 35.8 Å². The van der Waals surface area contributed by atoms with Crippen LogP contribution in [0.5, 0.6) is 17.2 Å². The zero-order valence-corrected chi connectivity index (χ0v) is 20.8. The number of methoxy groups -OCH3 is 3. The average molecular weight is 512 g/mol. The Balaban J connectivity index is 1.66. The molecule has 2 aromatic carbocycles. The van der Waals surface area contributed by atoms with Gasteiger partial charge in [-0.25, -0.2) is 4.79 Å². The van der Waals surface area contributed by atoms with Crippen molar-refractivity contribution >= 4 is 24.0 Å². The van der Waals surface area contributed by atoms with Crippen molar-refractivity contribution in [2.75, 3.05) is 27.9 Å². The maximum absolute atomic E-state index is 13.1. The lowest BCUT2D eigenvalue weighted by atomic mass is 9.95. The first-order valence-corrected chi connectivity index (χ1v) is 11.5. The van der Waals surface area contributed by atoms with Gasteiger partial charge in [0.1, 0.15) is 6.04 Å². The van der Waals surface area contributed by atoms with Crippen LogP contribution in [0.2, 0.25) is 0 Å². The Kier molecular flexibility index (Phi) is 9.14. The summed E-state index contributed by atoms with van der Waals surface area (Å²) in [5.41, 5.74) is -0.393. The van der Waals surface area contributed by atoms with E-state index in [1.54, 1.807) is 6.07 Å². The fraction of sp³-hybridized carbons (Fsp3) is 0.360. The molecular weight excluding hydrogens is 482 g/mol. The number of carboxylic acids is 1. The number of aryl methyl sites for hydroxylation is 1. The Labute approximate surface area is 213 Å². The van der Waals surface area contributed by atoms with Crippen LogP contribution in [0.3, 0.4) is 0 Å². The second kappa shape index (κ2) is 12.5. The third kappa shape index (κ3) is 6.40. The Morgan fingerprint density at radius 2 is 1.73 bits per heavy atom. The number of nitrogens with zero attached hydrogens (tertiary/aromatic N) is 3. The van der Waals surface area contributed by atoms with E-state index in [2.05, 4.69) is 26.1 Å². The zero-order valence-electron chi connectivity index (χ0n) is 20.8. The Morgan fingerprint density at radius 1 is 1.00 bits per heavy atom. The van der Waals surface area contributed by atoms with Gasteiger partial charge >= 0.3 is 5.97 Å². The minimum absolute atomic E-state index is 0.00178. The molecule has 12 heteroatoms. The van der Waals surface area contributed by atoms with E-state index in [0.717, 1.165) is 5.56 Å². The molecule has 0 saturated carbocycles. The van der Waals surface area contributed by atoms with Crippen LogP contribution in [0.15, 0.2) is 57.9 Å². The number of aliphatic carboxylic acids is 1. The molecule has 0 spiro atoms. The van der Waals surface area contributed by atoms with Crippen LogP contribution in [0.1, 0.15) is 28.8 Å². The summed E-state index contributed by atoms with van der Waals surface area (Å²) in [6.45, 7) is 0.0105. The van der Waals surface area contributed by atoms with Crippen LogP contribution >= 0.6 is 0 Å². The number of ether oxygens (including phenoxy) is 3. The summed E-state index contributed by atoms with van der Waals surface area (Å²) >= 11 is 0. The first-order chi connectivity index (χ1) is 17.8. The van der Waals surface area contributed by atoms with E-state index < -0.39 is 29.4 Å². The van der Waals surface area contributed by atoms with E-state index in [1.807, 2.05) is 30.3 Å². The molecule has 0 aliphatic carbocycles. The number of rotatable bonds is 13. The van der Waals surface area contributed by atoms with Gasteiger partial charge in [-0.1, -0.05) is 30.3 Å². The molecule has 1 aliphatic heterocycles. The Morgan fingerprint density at radius 3 is 2.32 bits per heavy atom. The first-order valence-electron chi connectivity index (χ1n) is 11.5. The van der Waals surface area contributed by atoms with Crippen LogP contribution < -0.4 is 24.8 Å². The molecular formula is C25H29N5O7. The van der Waals surface area contributed by atoms with Crippen molar-refractivity contribution in [3.63, 3.8) is 0 Å². The zero-order chi connectivity index (χ0) is 26.8. The van der Waals surface area contributed by atoms with Gasteiger partial charge in [0, 0.05) is 13.0 Å². The van der Waals surface area contributed by atoms with Gasteiger partial charge in [0.2, 0.25) is 5.75 Å². The quantitative estimate of drug-likeness (QED) is 0.372. The van der Waals surface area contributed by atoms with Crippen LogP contribution in [0.25, 0.3) is 0 Å². The summed E-state index contributed by atoms with van der Waals surface area (Å²) in [5.74, 6) is -1.46. The van der Waals surface area contributed by atoms with Crippen LogP contribution in [0.4, 0.5) is 0 Å². The highest BCUT2D eigenvalue weighted by molar-refractivity contribution is 6.05. The van der Waals surface area contributed by atoms with Crippen molar-refractivity contribution in [1.29, 1.82) is 0 Å². The topological polar surface area (TPSA) is 160 Å². The van der Waals surface area contributed by atoms with E-state index in [-0.39, 0.29) is 36.4 Å². The van der Waals surface area contributed by atoms with Gasteiger partial charge in [-0.2, -0.15) is 0 Å². The number of nitrogens with one attached hydrogen (secondary N) is 2. The minimum atomic E-state index is -1.55. The number of amides is 2. The van der Waals surface area contributed by atoms with Crippen LogP contribution in [0, 0.1) is 0 Å². The molecule has 2 amide bonds. The van der Waals surface area contributed by atoms with Crippen molar-refractivity contribution in [2.45, 2.75) is 30.8 Å². The highest BCUT2D eigenvalue weighted by Crippen LogP contribution is 2.39. The SMILES string of the molecule is COc1ccc(C(=O)NCCC2(C(=O)N[C@@H](CCc3ccccc3)C(=O)O)C=NN=N2)c(OC)c1OC. The number of hydrogen-bond acceptors (Lipinski definition) is 9. The molecule has 1 heterocycles. The monoisotopic (exact) mass is 511 g/mol. The predicted molar refractivity (Wildman–Crippen MR) is 133 cm³/mol. The van der Waals surface area contributed by atoms with Gasteiger partial charge in [-0.3, -0.25) is 9.59 Å². The molecule has 196 valence electrons. The molecule has 1 aliphatic rings. The molecule has 0 bridgehead atoms. The summed E-state index contributed by atoms with van der Waals surface area (Å²) in [6.07, 6.45) is 1.88. The molecule has 3 N–H and O–H groups in total. The standard InChI is InChI=1S/C25H29N5O7/c1-35-19-12-10-17(20(36-2)21(19)37-3)22(31)26-14-13-25(15-27-30-29-25)24(34)28-18(23(32)33)11-9-16-7-5-4-6-8-16/h4-8,10,12,15,18H,9,11,13-14H2,1-3H3,(H,26,31)(H,28,34)(H,32,33)/t18-,25?/m0/s1. The second-order valence-corrected chi connectivity index (χ2v) is 8.13. The van der Waals surface area contributed by atoms with Gasteiger partial charge < -0.3 is 30.0 Å². The smallest absolute Gasteiger partial charge is 0.326 e. The highest BCUT2D eigenvalue weighted by Gasteiger charge is 2.41. The van der Waals surface area contributed by atoms with Crippen LogP contribution in [-0.4, -0.2) is 68.6 Å². The highest BCUT2D eigenvalue weighted by atomic mass is 16.5. The van der Waals surface area contributed by atoms with Gasteiger partial charge in [0.05, 0.1) is 33.1 Å². The molecule has 2 atom stereocenters. The predicted octanol–water partition coefficient (Wildman–Crippen LogP) is 2.22. The summed E-state index contributed by atoms with van der Waals surface area (Å²) in [7, 11) is 4.30. The number of carboxylic acid groups (broad SMARTS) is 1. The Bertz CT molecular complexity index is 1170. The van der Waals surface area contributed by atoms with Crippen LogP contribution in [-0.2, 0) is 16.0 Å². The van der Waals surface area contributed by atoms with E-state index >= 15 is 0 Å². The Hall–Kier alpha value is -4.48. The minimum Gasteiger partial charge on any atom is -0.493 e. The van der Waals surface area contributed by atoms with Crippen molar-refractivity contribution in [3.05, 3.63) is 53.6 Å². The van der Waals surface area contributed by atoms with E-state index in [4.69, 9.17) is 14.2 Å². The third-order valence-corrected chi connectivity index (χ3v) is 5.85. The van der Waals surface area contributed by atoms with E-state index in [0.29, 0.717) is 12.2 Å². The third-order valence-electron chi connectivity index (χ3n) is 5.85. The molecule has 12 nitrogen and oxygen atoms in total. The van der Waals surface area contributed by atoms with Crippen molar-refractivity contribution in [1.82, 2.24) is 10.6 Å². The van der Waals surface area contributed by atoms with Crippen molar-refractivity contribution < 1.29 is 33.7 Å². The van der Waals surface area contributed by atoms with E-state index in [9.17, 15) is 19.5 Å². The van der Waals surface area contributed by atoms with E-state index in [1.165, 1.54) is 33.6 Å². The molecule has 0 aromatic heterocycles. The lowest BCUT2D eigenvalue weighted by Gasteiger charge is -2.23. The second-order valence-electron chi connectivity index (χ2n) is 8.13. The number of carbonyl (C=O) groups excluding carboxylic acids is 2. The summed E-state index contributed by atoms with van der Waals surface area (Å²) in [5, 5.41) is 26.1. The first kappa shape index (κ1) is 27.1. The van der Waals surface area contributed by atoms with Crippen molar-refractivity contribution in [2.24, 2.45) is 15.4 Å². The fourth-order valence-corrected chi connectivity index (χ4v) is 3.82. The lowest BCUT2D eigenvalue weighted by Crippen LogP contribution is -2.53. The summed E-state index contributed by atoms with van der Waals surface area (Å²) < 4.78 is 15.9. The molecule has 1 unspecified atom stereocenters. The molecule has 0 saturated heterocycles. The maximum atomic E-state index is 13.1. The molecule has 37 heavy (non-hydrogen) atoms. The molecule has 3 rings (SSSR count). The normalized spacial score (nSPS) is 16.6. The van der Waals surface area contributed by atoms with Crippen molar-refractivity contribution in [3.8, 4) is 17.2 Å². The lowest BCUT2D eigenvalue weighted by molar-refractivity contribution is -0.142. The summed E-state index contributed by atoms with van der Waals surface area (Å²) in [4.78, 5) is 37.8. The number of benzene rings is 2. The fourth-order valence-electron chi connectivity index (χ4n) is 3.82. The average Bonchev–Trinajstić information content (AvgIpc) is 3.40. The van der Waals surface area contributed by atoms with Gasteiger partial charge in [-0.15, -0.1) is 10.2 Å². The largest absolute Gasteiger partial charge is 0.493 e.